The largest absolute Gasteiger partial charge is 0.497 e. The molecule has 0 unspecified atom stereocenters. The molecule has 2 aromatic rings. The van der Waals surface area contributed by atoms with Crippen LogP contribution in [-0.2, 0) is 17.8 Å². The molecule has 0 atom stereocenters. The first-order valence-corrected chi connectivity index (χ1v) is 6.03. The van der Waals surface area contributed by atoms with Gasteiger partial charge in [0.25, 0.3) is 0 Å². The Morgan fingerprint density at radius 1 is 1.42 bits per heavy atom. The molecule has 0 saturated carbocycles. The first-order valence-electron chi connectivity index (χ1n) is 6.03. The molecule has 1 N–H and O–H groups in total. The van der Waals surface area contributed by atoms with Gasteiger partial charge in [-0.15, -0.1) is 0 Å². The molecule has 19 heavy (non-hydrogen) atoms. The number of benzene rings is 1. The zero-order valence-electron chi connectivity index (χ0n) is 11.1. The van der Waals surface area contributed by atoms with Crippen LogP contribution >= 0.6 is 0 Å². The molecular formula is C14H17N3O2. The number of aromatic nitrogens is 2. The van der Waals surface area contributed by atoms with Crippen LogP contribution in [0, 0.1) is 0 Å². The zero-order valence-corrected chi connectivity index (χ0v) is 11.1. The molecule has 1 heterocycles. The highest BCUT2D eigenvalue weighted by Crippen LogP contribution is 2.14. The first-order chi connectivity index (χ1) is 9.19. The quantitative estimate of drug-likeness (QED) is 0.887. The average Bonchev–Trinajstić information content (AvgIpc) is 2.91. The van der Waals surface area contributed by atoms with Crippen LogP contribution in [0.4, 0.5) is 0 Å². The summed E-state index contributed by atoms with van der Waals surface area (Å²) < 4.78 is 5.14. The minimum Gasteiger partial charge on any atom is -0.497 e. The third-order valence-corrected chi connectivity index (χ3v) is 2.89. The molecule has 0 aliphatic heterocycles. The summed E-state index contributed by atoms with van der Waals surface area (Å²) in [4.78, 5) is 13.8. The van der Waals surface area contributed by atoms with E-state index in [4.69, 9.17) is 4.74 Å². The molecule has 0 spiro atoms. The minimum absolute atomic E-state index is 0.0643. The molecule has 1 aromatic heterocycles. The number of likely N-dealkylation sites (N-methyl/N-ethyl adjacent to an activating group) is 1. The number of hydrogen-bond donors (Lipinski definition) is 1. The van der Waals surface area contributed by atoms with Crippen molar-refractivity contribution in [2.45, 2.75) is 13.0 Å². The predicted molar refractivity (Wildman–Crippen MR) is 71.8 cm³/mol. The Balaban J connectivity index is 1.96. The van der Waals surface area contributed by atoms with Crippen molar-refractivity contribution in [1.82, 2.24) is 15.1 Å². The Morgan fingerprint density at radius 2 is 2.26 bits per heavy atom. The number of H-pyrrole nitrogens is 1. The van der Waals surface area contributed by atoms with E-state index in [1.165, 1.54) is 0 Å². The van der Waals surface area contributed by atoms with Gasteiger partial charge in [0.05, 0.1) is 19.7 Å². The van der Waals surface area contributed by atoms with Crippen LogP contribution in [0.5, 0.6) is 5.75 Å². The standard InChI is InChI=1S/C14H17N3O2/c1-17(10-12-8-15-16-9-12)14(18)7-11-4-3-5-13(6-11)19-2/h3-6,8-9H,7,10H2,1-2H3,(H,15,16). The molecular weight excluding hydrogens is 242 g/mol. The maximum Gasteiger partial charge on any atom is 0.227 e. The molecule has 0 radical (unpaired) electrons. The van der Waals surface area contributed by atoms with E-state index in [0.717, 1.165) is 16.9 Å². The first kappa shape index (κ1) is 13.1. The van der Waals surface area contributed by atoms with Crippen molar-refractivity contribution in [3.8, 4) is 5.75 Å². The predicted octanol–water partition coefficient (Wildman–Crippen LogP) is 1.62. The number of ether oxygens (including phenoxy) is 1. The van der Waals surface area contributed by atoms with Crippen molar-refractivity contribution in [3.63, 3.8) is 0 Å². The van der Waals surface area contributed by atoms with Crippen LogP contribution in [-0.4, -0.2) is 35.2 Å². The minimum atomic E-state index is 0.0643. The third-order valence-electron chi connectivity index (χ3n) is 2.89. The molecule has 0 saturated heterocycles. The highest BCUT2D eigenvalue weighted by Gasteiger charge is 2.11. The Kier molecular flexibility index (Phi) is 4.18. The number of amides is 1. The monoisotopic (exact) mass is 259 g/mol. The lowest BCUT2D eigenvalue weighted by atomic mass is 10.1. The molecule has 0 aliphatic rings. The van der Waals surface area contributed by atoms with Gasteiger partial charge in [-0.05, 0) is 17.7 Å². The summed E-state index contributed by atoms with van der Waals surface area (Å²) in [6.07, 6.45) is 3.87. The highest BCUT2D eigenvalue weighted by atomic mass is 16.5. The van der Waals surface area contributed by atoms with Gasteiger partial charge in [0.2, 0.25) is 5.91 Å². The molecule has 1 aromatic carbocycles. The van der Waals surface area contributed by atoms with Gasteiger partial charge in [0.1, 0.15) is 5.75 Å². The van der Waals surface area contributed by atoms with E-state index in [1.807, 2.05) is 24.3 Å². The molecule has 1 amide bonds. The van der Waals surface area contributed by atoms with Crippen LogP contribution < -0.4 is 4.74 Å². The van der Waals surface area contributed by atoms with E-state index >= 15 is 0 Å². The summed E-state index contributed by atoms with van der Waals surface area (Å²) >= 11 is 0. The zero-order chi connectivity index (χ0) is 13.7. The molecule has 5 nitrogen and oxygen atoms in total. The summed E-state index contributed by atoms with van der Waals surface area (Å²) in [6, 6.07) is 7.55. The fourth-order valence-corrected chi connectivity index (χ4v) is 1.82. The van der Waals surface area contributed by atoms with Crippen molar-refractivity contribution in [2.75, 3.05) is 14.2 Å². The fraction of sp³-hybridized carbons (Fsp3) is 0.286. The number of carbonyl (C=O) groups is 1. The number of hydrogen-bond acceptors (Lipinski definition) is 3. The maximum absolute atomic E-state index is 12.1. The number of methoxy groups -OCH3 is 1. The molecule has 5 heteroatoms. The van der Waals surface area contributed by atoms with Crippen LogP contribution in [0.3, 0.4) is 0 Å². The van der Waals surface area contributed by atoms with Gasteiger partial charge < -0.3 is 9.64 Å². The topological polar surface area (TPSA) is 58.2 Å². The summed E-state index contributed by atoms with van der Waals surface area (Å²) in [5.74, 6) is 0.831. The number of rotatable bonds is 5. The summed E-state index contributed by atoms with van der Waals surface area (Å²) in [5.41, 5.74) is 1.94. The summed E-state index contributed by atoms with van der Waals surface area (Å²) in [6.45, 7) is 0.555. The lowest BCUT2D eigenvalue weighted by Crippen LogP contribution is -2.27. The second-order valence-electron chi connectivity index (χ2n) is 4.38. The van der Waals surface area contributed by atoms with Gasteiger partial charge >= 0.3 is 0 Å². The molecule has 2 rings (SSSR count). The summed E-state index contributed by atoms with van der Waals surface area (Å²) in [7, 11) is 3.40. The van der Waals surface area contributed by atoms with E-state index < -0.39 is 0 Å². The van der Waals surface area contributed by atoms with E-state index in [9.17, 15) is 4.79 Å². The van der Waals surface area contributed by atoms with Crippen molar-refractivity contribution < 1.29 is 9.53 Å². The number of aromatic amines is 1. The van der Waals surface area contributed by atoms with Crippen molar-refractivity contribution in [1.29, 1.82) is 0 Å². The number of nitrogens with one attached hydrogen (secondary N) is 1. The second-order valence-corrected chi connectivity index (χ2v) is 4.38. The molecule has 100 valence electrons. The van der Waals surface area contributed by atoms with Gasteiger partial charge in [-0.2, -0.15) is 5.10 Å². The van der Waals surface area contributed by atoms with Gasteiger partial charge in [-0.25, -0.2) is 0 Å². The van der Waals surface area contributed by atoms with Crippen LogP contribution in [0.25, 0.3) is 0 Å². The van der Waals surface area contributed by atoms with Crippen LogP contribution in [0.1, 0.15) is 11.1 Å². The molecule has 0 aliphatic carbocycles. The van der Waals surface area contributed by atoms with Crippen LogP contribution in [0.2, 0.25) is 0 Å². The number of nitrogens with zero attached hydrogens (tertiary/aromatic N) is 2. The van der Waals surface area contributed by atoms with Crippen LogP contribution in [0.15, 0.2) is 36.7 Å². The lowest BCUT2D eigenvalue weighted by molar-refractivity contribution is -0.129. The van der Waals surface area contributed by atoms with E-state index in [0.29, 0.717) is 13.0 Å². The highest BCUT2D eigenvalue weighted by molar-refractivity contribution is 5.78. The van der Waals surface area contributed by atoms with Gasteiger partial charge in [0.15, 0.2) is 0 Å². The second kappa shape index (κ2) is 6.04. The Hall–Kier alpha value is -2.30. The summed E-state index contributed by atoms with van der Waals surface area (Å²) in [5, 5.41) is 6.60. The third kappa shape index (κ3) is 3.58. The molecule has 0 bridgehead atoms. The van der Waals surface area contributed by atoms with E-state index in [2.05, 4.69) is 10.2 Å². The van der Waals surface area contributed by atoms with E-state index in [-0.39, 0.29) is 5.91 Å². The average molecular weight is 259 g/mol. The molecule has 0 fully saturated rings. The maximum atomic E-state index is 12.1. The SMILES string of the molecule is COc1cccc(CC(=O)N(C)Cc2cn[nH]c2)c1. The van der Waals surface area contributed by atoms with Crippen molar-refractivity contribution in [3.05, 3.63) is 47.8 Å². The van der Waals surface area contributed by atoms with E-state index in [1.54, 1.807) is 31.5 Å². The smallest absolute Gasteiger partial charge is 0.227 e. The van der Waals surface area contributed by atoms with Crippen molar-refractivity contribution in [2.24, 2.45) is 0 Å². The Morgan fingerprint density at radius 3 is 2.95 bits per heavy atom. The van der Waals surface area contributed by atoms with Gasteiger partial charge in [-0.3, -0.25) is 9.89 Å². The number of carbonyl (C=O) groups excluding carboxylic acids is 1. The van der Waals surface area contributed by atoms with Gasteiger partial charge in [-0.1, -0.05) is 12.1 Å². The lowest BCUT2D eigenvalue weighted by Gasteiger charge is -2.16. The normalized spacial score (nSPS) is 10.2. The fourth-order valence-electron chi connectivity index (χ4n) is 1.82. The van der Waals surface area contributed by atoms with Crippen molar-refractivity contribution >= 4 is 5.91 Å². The Bertz CT molecular complexity index is 537. The Labute approximate surface area is 112 Å². The van der Waals surface area contributed by atoms with Gasteiger partial charge in [0, 0.05) is 25.4 Å².